The van der Waals surface area contributed by atoms with Crippen LogP contribution in [0.2, 0.25) is 0 Å². The Bertz CT molecular complexity index is 763. The molecule has 1 N–H and O–H groups in total. The Labute approximate surface area is 115 Å². The van der Waals surface area contributed by atoms with Gasteiger partial charge in [-0.2, -0.15) is 0 Å². The maximum Gasteiger partial charge on any atom is 0.231 e. The van der Waals surface area contributed by atoms with Gasteiger partial charge in [0.1, 0.15) is 5.58 Å². The van der Waals surface area contributed by atoms with Crippen LogP contribution in [0, 0.1) is 0 Å². The highest BCUT2D eigenvalue weighted by Gasteiger charge is 2.13. The van der Waals surface area contributed by atoms with Gasteiger partial charge in [-0.1, -0.05) is 18.2 Å². The number of benzene rings is 2. The van der Waals surface area contributed by atoms with Crippen LogP contribution in [-0.4, -0.2) is 6.79 Å². The molecule has 0 unspecified atom stereocenters. The molecule has 3 aromatic rings. The second-order valence-corrected chi connectivity index (χ2v) is 4.68. The van der Waals surface area contributed by atoms with Crippen molar-refractivity contribution in [1.82, 2.24) is 0 Å². The summed E-state index contributed by atoms with van der Waals surface area (Å²) in [7, 11) is 0. The molecule has 100 valence electrons. The fraction of sp³-hybridized carbons (Fsp3) is 0.125. The van der Waals surface area contributed by atoms with Crippen LogP contribution in [-0.2, 0) is 6.54 Å². The molecule has 0 bridgehead atoms. The van der Waals surface area contributed by atoms with Crippen LogP contribution in [0.1, 0.15) is 5.56 Å². The van der Waals surface area contributed by atoms with Crippen molar-refractivity contribution in [3.05, 3.63) is 54.3 Å². The normalized spacial score (nSPS) is 12.8. The number of anilines is 1. The number of fused-ring (bicyclic) bond motifs is 2. The van der Waals surface area contributed by atoms with E-state index < -0.39 is 0 Å². The second-order valence-electron chi connectivity index (χ2n) is 4.68. The van der Waals surface area contributed by atoms with Gasteiger partial charge in [0.05, 0.1) is 6.26 Å². The quantitative estimate of drug-likeness (QED) is 0.784. The summed E-state index contributed by atoms with van der Waals surface area (Å²) in [5, 5.41) is 4.51. The number of ether oxygens (including phenoxy) is 2. The Kier molecular flexibility index (Phi) is 2.52. The predicted octanol–water partition coefficient (Wildman–Crippen LogP) is 3.77. The zero-order valence-electron chi connectivity index (χ0n) is 10.8. The van der Waals surface area contributed by atoms with Crippen LogP contribution in [0.25, 0.3) is 11.0 Å². The number of nitrogens with one attached hydrogen (secondary N) is 1. The van der Waals surface area contributed by atoms with E-state index in [-0.39, 0.29) is 0 Å². The lowest BCUT2D eigenvalue weighted by Gasteiger charge is -2.06. The first-order valence-corrected chi connectivity index (χ1v) is 6.49. The Morgan fingerprint density at radius 3 is 2.90 bits per heavy atom. The molecule has 0 radical (unpaired) electrons. The van der Waals surface area contributed by atoms with Crippen LogP contribution >= 0.6 is 0 Å². The van der Waals surface area contributed by atoms with E-state index in [1.807, 2.05) is 36.4 Å². The summed E-state index contributed by atoms with van der Waals surface area (Å²) < 4.78 is 16.2. The van der Waals surface area contributed by atoms with Crippen LogP contribution < -0.4 is 14.8 Å². The molecule has 0 saturated carbocycles. The molecule has 1 aliphatic rings. The summed E-state index contributed by atoms with van der Waals surface area (Å²) in [6, 6.07) is 13.9. The largest absolute Gasteiger partial charge is 0.464 e. The average Bonchev–Trinajstić information content (AvgIpc) is 3.11. The zero-order chi connectivity index (χ0) is 13.4. The van der Waals surface area contributed by atoms with E-state index in [0.29, 0.717) is 13.3 Å². The second kappa shape index (κ2) is 4.49. The highest BCUT2D eigenvalue weighted by molar-refractivity contribution is 5.81. The number of rotatable bonds is 3. The van der Waals surface area contributed by atoms with Crippen LogP contribution in [0.4, 0.5) is 5.69 Å². The third-order valence-corrected chi connectivity index (χ3v) is 3.42. The molecular formula is C16H13NO3. The van der Waals surface area contributed by atoms with Gasteiger partial charge < -0.3 is 19.2 Å². The molecule has 1 aliphatic heterocycles. The first kappa shape index (κ1) is 11.2. The van der Waals surface area contributed by atoms with Crippen molar-refractivity contribution < 1.29 is 13.9 Å². The van der Waals surface area contributed by atoms with Crippen molar-refractivity contribution in [1.29, 1.82) is 0 Å². The van der Waals surface area contributed by atoms with E-state index in [1.165, 1.54) is 0 Å². The lowest BCUT2D eigenvalue weighted by atomic mass is 10.2. The fourth-order valence-corrected chi connectivity index (χ4v) is 2.37. The zero-order valence-corrected chi connectivity index (χ0v) is 10.8. The van der Waals surface area contributed by atoms with Gasteiger partial charge in [-0.15, -0.1) is 0 Å². The summed E-state index contributed by atoms with van der Waals surface area (Å²) in [4.78, 5) is 0. The molecule has 4 heteroatoms. The van der Waals surface area contributed by atoms with Crippen LogP contribution in [0.15, 0.2) is 53.1 Å². The fourth-order valence-electron chi connectivity index (χ4n) is 2.37. The van der Waals surface area contributed by atoms with Gasteiger partial charge in [0, 0.05) is 29.2 Å². The van der Waals surface area contributed by atoms with E-state index in [4.69, 9.17) is 13.9 Å². The molecular weight excluding hydrogens is 254 g/mol. The molecule has 4 nitrogen and oxygen atoms in total. The highest BCUT2D eigenvalue weighted by Crippen LogP contribution is 2.34. The molecule has 0 saturated heterocycles. The average molecular weight is 267 g/mol. The summed E-state index contributed by atoms with van der Waals surface area (Å²) >= 11 is 0. The van der Waals surface area contributed by atoms with E-state index in [0.717, 1.165) is 33.7 Å². The van der Waals surface area contributed by atoms with Gasteiger partial charge in [0.2, 0.25) is 6.79 Å². The molecule has 0 atom stereocenters. The third-order valence-electron chi connectivity index (χ3n) is 3.42. The van der Waals surface area contributed by atoms with Crippen LogP contribution in [0.5, 0.6) is 11.5 Å². The van der Waals surface area contributed by atoms with E-state index in [1.54, 1.807) is 6.26 Å². The minimum atomic E-state index is 0.297. The molecule has 20 heavy (non-hydrogen) atoms. The smallest absolute Gasteiger partial charge is 0.231 e. The maximum atomic E-state index is 5.53. The Hall–Kier alpha value is -2.62. The van der Waals surface area contributed by atoms with Gasteiger partial charge in [0.15, 0.2) is 11.5 Å². The van der Waals surface area contributed by atoms with Crippen molar-refractivity contribution >= 4 is 16.7 Å². The Balaban J connectivity index is 1.55. The van der Waals surface area contributed by atoms with E-state index in [9.17, 15) is 0 Å². The van der Waals surface area contributed by atoms with Crippen molar-refractivity contribution in [3.63, 3.8) is 0 Å². The standard InChI is InChI=1S/C16H13NO3/c1-2-4-14-13(3-1)11(9-18-14)8-17-12-5-6-15-16(7-12)20-10-19-15/h1-7,9,17H,8,10H2. The summed E-state index contributed by atoms with van der Waals surface area (Å²) in [5.74, 6) is 1.58. The van der Waals surface area contributed by atoms with E-state index in [2.05, 4.69) is 11.4 Å². The first-order chi connectivity index (χ1) is 9.90. The summed E-state index contributed by atoms with van der Waals surface area (Å²) in [6.45, 7) is 1.00. The van der Waals surface area contributed by atoms with Crippen LogP contribution in [0.3, 0.4) is 0 Å². The summed E-state index contributed by atoms with van der Waals surface area (Å²) in [6.07, 6.45) is 1.80. The SMILES string of the molecule is c1ccc2c(CNc3ccc4c(c3)OCO4)coc2c1. The van der Waals surface area contributed by atoms with Crippen molar-refractivity contribution in [2.45, 2.75) is 6.54 Å². The topological polar surface area (TPSA) is 43.6 Å². The number of furan rings is 1. The molecule has 0 fully saturated rings. The summed E-state index contributed by atoms with van der Waals surface area (Å²) in [5.41, 5.74) is 3.05. The monoisotopic (exact) mass is 267 g/mol. The highest BCUT2D eigenvalue weighted by atomic mass is 16.7. The number of hydrogen-bond acceptors (Lipinski definition) is 4. The van der Waals surface area contributed by atoms with Gasteiger partial charge in [-0.25, -0.2) is 0 Å². The van der Waals surface area contributed by atoms with Crippen molar-refractivity contribution in [2.75, 3.05) is 12.1 Å². The molecule has 4 rings (SSSR count). The third kappa shape index (κ3) is 1.86. The molecule has 2 aromatic carbocycles. The molecule has 1 aromatic heterocycles. The van der Waals surface area contributed by atoms with Gasteiger partial charge >= 0.3 is 0 Å². The Morgan fingerprint density at radius 2 is 1.90 bits per heavy atom. The van der Waals surface area contributed by atoms with Gasteiger partial charge in [0.25, 0.3) is 0 Å². The molecule has 2 heterocycles. The van der Waals surface area contributed by atoms with Crippen molar-refractivity contribution in [3.8, 4) is 11.5 Å². The molecule has 0 spiro atoms. The predicted molar refractivity (Wildman–Crippen MR) is 76.1 cm³/mol. The molecule has 0 aliphatic carbocycles. The number of para-hydroxylation sites is 1. The van der Waals surface area contributed by atoms with Gasteiger partial charge in [-0.05, 0) is 18.2 Å². The molecule has 0 amide bonds. The van der Waals surface area contributed by atoms with E-state index >= 15 is 0 Å². The number of hydrogen-bond donors (Lipinski definition) is 1. The minimum Gasteiger partial charge on any atom is -0.464 e. The lowest BCUT2D eigenvalue weighted by molar-refractivity contribution is 0.174. The van der Waals surface area contributed by atoms with Crippen molar-refractivity contribution in [2.24, 2.45) is 0 Å². The maximum absolute atomic E-state index is 5.53. The Morgan fingerprint density at radius 1 is 1.00 bits per heavy atom. The lowest BCUT2D eigenvalue weighted by Crippen LogP contribution is -1.98. The minimum absolute atomic E-state index is 0.297. The first-order valence-electron chi connectivity index (χ1n) is 6.49. The van der Waals surface area contributed by atoms with Gasteiger partial charge in [-0.3, -0.25) is 0 Å².